The first-order valence-electron chi connectivity index (χ1n) is 8.68. The van der Waals surface area contributed by atoms with Crippen molar-refractivity contribution in [2.45, 2.75) is 32.7 Å². The fraction of sp³-hybridized carbons (Fsp3) is 0.588. The first kappa shape index (κ1) is 21.4. The van der Waals surface area contributed by atoms with Crippen molar-refractivity contribution in [2.75, 3.05) is 38.6 Å². The van der Waals surface area contributed by atoms with E-state index >= 15 is 0 Å². The summed E-state index contributed by atoms with van der Waals surface area (Å²) >= 11 is 3.45. The Labute approximate surface area is 180 Å². The normalized spacial score (nSPS) is 14.4. The standard InChI is InChI=1S/C17H26N6S2.HI/c1-13-20-15(12-24-13)10-22(3)16(18-2)19-7-6-14-11-25-17(21-14)23-8-4-5-9-23;/h11-12H,4-10H2,1-3H3,(H,18,19);1H. The van der Waals surface area contributed by atoms with Crippen molar-refractivity contribution in [1.82, 2.24) is 20.2 Å². The fourth-order valence-corrected chi connectivity index (χ4v) is 4.47. The third-order valence-corrected chi connectivity index (χ3v) is 5.99. The molecule has 9 heteroatoms. The number of aryl methyl sites for hydroxylation is 1. The Bertz CT molecular complexity index is 708. The quantitative estimate of drug-likeness (QED) is 0.370. The van der Waals surface area contributed by atoms with E-state index < -0.39 is 0 Å². The second-order valence-corrected chi connectivity index (χ2v) is 8.15. The van der Waals surface area contributed by atoms with Gasteiger partial charge < -0.3 is 15.1 Å². The molecular formula is C17H27IN6S2. The van der Waals surface area contributed by atoms with Crippen LogP contribution in [-0.2, 0) is 13.0 Å². The monoisotopic (exact) mass is 506 g/mol. The maximum absolute atomic E-state index is 4.77. The largest absolute Gasteiger partial charge is 0.356 e. The summed E-state index contributed by atoms with van der Waals surface area (Å²) in [5.74, 6) is 0.889. The predicted molar refractivity (Wildman–Crippen MR) is 122 cm³/mol. The molecular weight excluding hydrogens is 479 g/mol. The van der Waals surface area contributed by atoms with Gasteiger partial charge in [0.1, 0.15) is 0 Å². The highest BCUT2D eigenvalue weighted by Crippen LogP contribution is 2.24. The van der Waals surface area contributed by atoms with E-state index in [4.69, 9.17) is 4.98 Å². The minimum Gasteiger partial charge on any atom is -0.356 e. The first-order valence-corrected chi connectivity index (χ1v) is 10.4. The van der Waals surface area contributed by atoms with Crippen LogP contribution in [0.3, 0.4) is 0 Å². The van der Waals surface area contributed by atoms with Gasteiger partial charge in [-0.1, -0.05) is 0 Å². The second-order valence-electron chi connectivity index (χ2n) is 6.25. The third-order valence-electron chi connectivity index (χ3n) is 4.22. The molecule has 0 aromatic carbocycles. The van der Waals surface area contributed by atoms with Crippen LogP contribution in [0, 0.1) is 6.92 Å². The lowest BCUT2D eigenvalue weighted by Gasteiger charge is -2.21. The Morgan fingerprint density at radius 1 is 1.23 bits per heavy atom. The minimum atomic E-state index is 0. The van der Waals surface area contributed by atoms with Crippen molar-refractivity contribution >= 4 is 57.7 Å². The molecule has 1 N–H and O–H groups in total. The van der Waals surface area contributed by atoms with E-state index in [2.05, 4.69) is 35.9 Å². The summed E-state index contributed by atoms with van der Waals surface area (Å²) in [5, 5.41) is 9.99. The summed E-state index contributed by atoms with van der Waals surface area (Å²) in [6.07, 6.45) is 3.49. The van der Waals surface area contributed by atoms with Crippen LogP contribution in [0.15, 0.2) is 15.8 Å². The SMILES string of the molecule is CN=C(NCCc1csc(N2CCCC2)n1)N(C)Cc1csc(C)n1.I. The average molecular weight is 506 g/mol. The number of aromatic nitrogens is 2. The number of guanidine groups is 1. The molecule has 0 atom stereocenters. The molecule has 0 radical (unpaired) electrons. The van der Waals surface area contributed by atoms with E-state index in [1.807, 2.05) is 21.0 Å². The molecule has 3 heterocycles. The maximum Gasteiger partial charge on any atom is 0.193 e. The van der Waals surface area contributed by atoms with Crippen molar-refractivity contribution in [1.29, 1.82) is 0 Å². The third kappa shape index (κ3) is 5.78. The van der Waals surface area contributed by atoms with Crippen molar-refractivity contribution in [3.05, 3.63) is 27.2 Å². The van der Waals surface area contributed by atoms with Crippen LogP contribution in [0.4, 0.5) is 5.13 Å². The molecule has 1 aliphatic heterocycles. The molecule has 1 fully saturated rings. The van der Waals surface area contributed by atoms with Gasteiger partial charge in [0, 0.05) is 50.9 Å². The summed E-state index contributed by atoms with van der Waals surface area (Å²) in [6.45, 7) is 5.93. The molecule has 2 aromatic heterocycles. The topological polar surface area (TPSA) is 56.7 Å². The van der Waals surface area contributed by atoms with Gasteiger partial charge in [-0.25, -0.2) is 9.97 Å². The van der Waals surface area contributed by atoms with E-state index in [1.165, 1.54) is 18.0 Å². The van der Waals surface area contributed by atoms with E-state index in [0.717, 1.165) is 55.0 Å². The number of hydrogen-bond acceptors (Lipinski definition) is 6. The summed E-state index contributed by atoms with van der Waals surface area (Å²) in [6, 6.07) is 0. The number of halogens is 1. The van der Waals surface area contributed by atoms with Gasteiger partial charge >= 0.3 is 0 Å². The Balaban J connectivity index is 0.00000243. The molecule has 2 aromatic rings. The van der Waals surface area contributed by atoms with E-state index in [1.54, 1.807) is 22.7 Å². The first-order chi connectivity index (χ1) is 12.2. The highest BCUT2D eigenvalue weighted by Gasteiger charge is 2.15. The summed E-state index contributed by atoms with van der Waals surface area (Å²) < 4.78 is 0. The van der Waals surface area contributed by atoms with Crippen LogP contribution >= 0.6 is 46.7 Å². The molecule has 3 rings (SSSR count). The van der Waals surface area contributed by atoms with E-state index in [9.17, 15) is 0 Å². The zero-order valence-corrected chi connectivity index (χ0v) is 19.5. The van der Waals surface area contributed by atoms with Crippen LogP contribution in [-0.4, -0.2) is 54.6 Å². The minimum absolute atomic E-state index is 0. The Morgan fingerprint density at radius 2 is 1.96 bits per heavy atom. The molecule has 0 saturated carbocycles. The zero-order valence-electron chi connectivity index (χ0n) is 15.6. The molecule has 0 bridgehead atoms. The molecule has 0 aliphatic carbocycles. The molecule has 0 unspecified atom stereocenters. The van der Waals surface area contributed by atoms with Crippen LogP contribution in [0.2, 0.25) is 0 Å². The van der Waals surface area contributed by atoms with Gasteiger partial charge in [0.25, 0.3) is 0 Å². The second kappa shape index (κ2) is 10.4. The van der Waals surface area contributed by atoms with Gasteiger partial charge in [0.05, 0.1) is 22.9 Å². The van der Waals surface area contributed by atoms with Gasteiger partial charge in [-0.05, 0) is 19.8 Å². The molecule has 0 amide bonds. The van der Waals surface area contributed by atoms with E-state index in [-0.39, 0.29) is 24.0 Å². The Morgan fingerprint density at radius 3 is 2.62 bits per heavy atom. The average Bonchev–Trinajstić information content (AvgIpc) is 3.33. The number of thiazole rings is 2. The van der Waals surface area contributed by atoms with Gasteiger partial charge in [-0.2, -0.15) is 0 Å². The zero-order chi connectivity index (χ0) is 17.6. The fourth-order valence-electron chi connectivity index (χ4n) is 2.95. The summed E-state index contributed by atoms with van der Waals surface area (Å²) in [5.41, 5.74) is 2.25. The molecule has 0 spiro atoms. The van der Waals surface area contributed by atoms with Gasteiger partial charge in [0.2, 0.25) is 0 Å². The molecule has 26 heavy (non-hydrogen) atoms. The van der Waals surface area contributed by atoms with Gasteiger partial charge in [-0.3, -0.25) is 4.99 Å². The van der Waals surface area contributed by atoms with Crippen LogP contribution in [0.1, 0.15) is 29.2 Å². The summed E-state index contributed by atoms with van der Waals surface area (Å²) in [7, 11) is 3.86. The summed E-state index contributed by atoms with van der Waals surface area (Å²) in [4.78, 5) is 18.2. The number of nitrogens with zero attached hydrogens (tertiary/aromatic N) is 5. The van der Waals surface area contributed by atoms with Crippen LogP contribution in [0.25, 0.3) is 0 Å². The number of anilines is 1. The van der Waals surface area contributed by atoms with Gasteiger partial charge in [-0.15, -0.1) is 46.7 Å². The molecule has 1 saturated heterocycles. The lowest BCUT2D eigenvalue weighted by molar-refractivity contribution is 0.471. The number of nitrogens with one attached hydrogen (secondary N) is 1. The van der Waals surface area contributed by atoms with Crippen LogP contribution in [0.5, 0.6) is 0 Å². The predicted octanol–water partition coefficient (Wildman–Crippen LogP) is 3.38. The number of rotatable bonds is 6. The molecule has 144 valence electrons. The van der Waals surface area contributed by atoms with Crippen molar-refractivity contribution in [2.24, 2.45) is 4.99 Å². The van der Waals surface area contributed by atoms with Crippen molar-refractivity contribution < 1.29 is 0 Å². The lowest BCUT2D eigenvalue weighted by atomic mass is 10.3. The van der Waals surface area contributed by atoms with Gasteiger partial charge in [0.15, 0.2) is 11.1 Å². The number of hydrogen-bond donors (Lipinski definition) is 1. The highest BCUT2D eigenvalue weighted by molar-refractivity contribution is 14.0. The van der Waals surface area contributed by atoms with Crippen molar-refractivity contribution in [3.63, 3.8) is 0 Å². The van der Waals surface area contributed by atoms with Crippen molar-refractivity contribution in [3.8, 4) is 0 Å². The van der Waals surface area contributed by atoms with Crippen LogP contribution < -0.4 is 10.2 Å². The Kier molecular flexibility index (Phi) is 8.55. The highest BCUT2D eigenvalue weighted by atomic mass is 127. The number of aliphatic imine (C=N–C) groups is 1. The lowest BCUT2D eigenvalue weighted by Crippen LogP contribution is -2.39. The molecule has 1 aliphatic rings. The smallest absolute Gasteiger partial charge is 0.193 e. The Hall–Kier alpha value is -0.940. The molecule has 6 nitrogen and oxygen atoms in total. The van der Waals surface area contributed by atoms with E-state index in [0.29, 0.717) is 0 Å². The maximum atomic E-state index is 4.77.